The molecule has 1 aliphatic heterocycles. The van der Waals surface area contributed by atoms with Gasteiger partial charge in [-0.25, -0.2) is 0 Å². The summed E-state index contributed by atoms with van der Waals surface area (Å²) in [6, 6.07) is 8.04. The van der Waals surface area contributed by atoms with E-state index in [9.17, 15) is 0 Å². The molecule has 0 spiro atoms. The fraction of sp³-hybridized carbons (Fsp3) is 0.467. The van der Waals surface area contributed by atoms with Gasteiger partial charge in [0, 0.05) is 30.0 Å². The fourth-order valence-electron chi connectivity index (χ4n) is 2.62. The largest absolute Gasteiger partial charge is 0.374 e. The zero-order valence-electron chi connectivity index (χ0n) is 12.4. The number of ether oxygens (including phenoxy) is 1. The van der Waals surface area contributed by atoms with E-state index in [1.165, 1.54) is 17.1 Å². The number of nitrogens with zero attached hydrogens (tertiary/aromatic N) is 3. The first-order chi connectivity index (χ1) is 10.7. The number of rotatable bonds is 5. The highest BCUT2D eigenvalue weighted by atomic mass is 35.5. The van der Waals surface area contributed by atoms with Crippen LogP contribution in [0.3, 0.4) is 0 Å². The highest BCUT2D eigenvalue weighted by Gasteiger charge is 2.28. The van der Waals surface area contributed by atoms with Crippen LogP contribution in [0.4, 0.5) is 0 Å². The van der Waals surface area contributed by atoms with Crippen LogP contribution in [0.2, 0.25) is 5.02 Å². The molecule has 0 saturated carbocycles. The Morgan fingerprint density at radius 1 is 1.45 bits per heavy atom. The second-order valence-electron chi connectivity index (χ2n) is 5.48. The number of halogens is 1. The van der Waals surface area contributed by atoms with Crippen LogP contribution in [-0.4, -0.2) is 47.3 Å². The molecule has 0 bridgehead atoms. The van der Waals surface area contributed by atoms with Crippen LogP contribution in [0.5, 0.6) is 0 Å². The van der Waals surface area contributed by atoms with Gasteiger partial charge in [-0.15, -0.1) is 5.10 Å². The van der Waals surface area contributed by atoms with Crippen molar-refractivity contribution < 1.29 is 4.74 Å². The van der Waals surface area contributed by atoms with Crippen LogP contribution in [0.25, 0.3) is 0 Å². The summed E-state index contributed by atoms with van der Waals surface area (Å²) in [5.41, 5.74) is 2.13. The number of hydrogen-bond donors (Lipinski definition) is 1. The lowest BCUT2D eigenvalue weighted by Crippen LogP contribution is -2.46. The first kappa shape index (κ1) is 15.8. The number of likely N-dealkylation sites (N-methyl/N-ethyl adjacent to an activating group) is 1. The Kier molecular flexibility index (Phi) is 5.38. The Morgan fingerprint density at radius 2 is 2.27 bits per heavy atom. The summed E-state index contributed by atoms with van der Waals surface area (Å²) in [6.07, 6.45) is 0.103. The molecule has 0 aliphatic carbocycles. The van der Waals surface area contributed by atoms with E-state index in [2.05, 4.69) is 39.0 Å². The van der Waals surface area contributed by atoms with Gasteiger partial charge in [-0.05, 0) is 36.3 Å². The Labute approximate surface area is 139 Å². The van der Waals surface area contributed by atoms with Gasteiger partial charge in [0.15, 0.2) is 0 Å². The lowest BCUT2D eigenvalue weighted by Gasteiger charge is -2.35. The molecule has 1 aromatic carbocycles. The van der Waals surface area contributed by atoms with Crippen molar-refractivity contribution in [3.8, 4) is 0 Å². The van der Waals surface area contributed by atoms with E-state index in [4.69, 9.17) is 16.3 Å². The number of aromatic nitrogens is 2. The van der Waals surface area contributed by atoms with Crippen LogP contribution < -0.4 is 5.32 Å². The van der Waals surface area contributed by atoms with Gasteiger partial charge < -0.3 is 15.0 Å². The van der Waals surface area contributed by atoms with Gasteiger partial charge >= 0.3 is 0 Å². The Balaban J connectivity index is 1.76. The van der Waals surface area contributed by atoms with Gasteiger partial charge in [0.05, 0.1) is 24.4 Å². The lowest BCUT2D eigenvalue weighted by atomic mass is 10.00. The quantitative estimate of drug-likeness (QED) is 0.907. The van der Waals surface area contributed by atoms with E-state index in [1.54, 1.807) is 0 Å². The molecule has 2 atom stereocenters. The molecule has 1 fully saturated rings. The van der Waals surface area contributed by atoms with Crippen molar-refractivity contribution in [2.75, 3.05) is 26.7 Å². The van der Waals surface area contributed by atoms with Gasteiger partial charge in [0.1, 0.15) is 0 Å². The lowest BCUT2D eigenvalue weighted by molar-refractivity contribution is -0.0396. The van der Waals surface area contributed by atoms with Gasteiger partial charge in [-0.3, -0.25) is 0 Å². The van der Waals surface area contributed by atoms with E-state index >= 15 is 0 Å². The second kappa shape index (κ2) is 7.48. The minimum absolute atomic E-state index is 0.0988. The summed E-state index contributed by atoms with van der Waals surface area (Å²) < 4.78 is 9.90. The van der Waals surface area contributed by atoms with Crippen LogP contribution in [0.15, 0.2) is 29.6 Å². The molecule has 1 aromatic heterocycles. The summed E-state index contributed by atoms with van der Waals surface area (Å²) in [7, 11) is 2.12. The number of benzene rings is 1. The van der Waals surface area contributed by atoms with Crippen molar-refractivity contribution in [3.63, 3.8) is 0 Å². The van der Waals surface area contributed by atoms with Gasteiger partial charge in [-0.1, -0.05) is 28.2 Å². The maximum atomic E-state index is 6.01. The number of morpholine rings is 1. The first-order valence-electron chi connectivity index (χ1n) is 7.27. The SMILES string of the molecule is CN1CCO[C@@H]([C@@H](NCc2csnn2)c2ccc(Cl)cc2)C1. The molecule has 0 radical (unpaired) electrons. The summed E-state index contributed by atoms with van der Waals surface area (Å²) in [6.45, 7) is 3.30. The molecule has 0 unspecified atom stereocenters. The molecule has 1 aliphatic rings. The molecule has 118 valence electrons. The summed E-state index contributed by atoms with van der Waals surface area (Å²) in [5, 5.41) is 10.3. The molecule has 2 aromatic rings. The highest BCUT2D eigenvalue weighted by Crippen LogP contribution is 2.24. The maximum absolute atomic E-state index is 6.01. The molecule has 22 heavy (non-hydrogen) atoms. The third-order valence-electron chi connectivity index (χ3n) is 3.81. The fourth-order valence-corrected chi connectivity index (χ4v) is 3.20. The molecular formula is C15H19ClN4OS. The zero-order chi connectivity index (χ0) is 15.4. The highest BCUT2D eigenvalue weighted by molar-refractivity contribution is 7.03. The first-order valence-corrected chi connectivity index (χ1v) is 8.49. The molecule has 1 N–H and O–H groups in total. The van der Waals surface area contributed by atoms with E-state index in [0.717, 1.165) is 30.4 Å². The number of hydrogen-bond acceptors (Lipinski definition) is 6. The molecule has 2 heterocycles. The molecule has 7 heteroatoms. The summed E-state index contributed by atoms with van der Waals surface area (Å²) >= 11 is 7.37. The Morgan fingerprint density at radius 3 is 2.95 bits per heavy atom. The van der Waals surface area contributed by atoms with Crippen molar-refractivity contribution in [1.82, 2.24) is 19.8 Å². The third-order valence-corrected chi connectivity index (χ3v) is 4.61. The third kappa shape index (κ3) is 4.02. The van der Waals surface area contributed by atoms with E-state index in [-0.39, 0.29) is 12.1 Å². The van der Waals surface area contributed by atoms with Crippen molar-refractivity contribution in [1.29, 1.82) is 0 Å². The zero-order valence-corrected chi connectivity index (χ0v) is 14.0. The predicted octanol–water partition coefficient (Wildman–Crippen LogP) is 2.35. The minimum Gasteiger partial charge on any atom is -0.374 e. The molecule has 3 rings (SSSR count). The molecule has 1 saturated heterocycles. The van der Waals surface area contributed by atoms with Crippen molar-refractivity contribution in [2.45, 2.75) is 18.7 Å². The van der Waals surface area contributed by atoms with Crippen LogP contribution in [0.1, 0.15) is 17.3 Å². The average molecular weight is 339 g/mol. The van der Waals surface area contributed by atoms with E-state index < -0.39 is 0 Å². The maximum Gasteiger partial charge on any atom is 0.0896 e. The van der Waals surface area contributed by atoms with E-state index in [1.807, 2.05) is 17.5 Å². The van der Waals surface area contributed by atoms with E-state index in [0.29, 0.717) is 6.54 Å². The molecular weight excluding hydrogens is 320 g/mol. The monoisotopic (exact) mass is 338 g/mol. The summed E-state index contributed by atoms with van der Waals surface area (Å²) in [4.78, 5) is 2.29. The van der Waals surface area contributed by atoms with Crippen LogP contribution >= 0.6 is 23.1 Å². The van der Waals surface area contributed by atoms with Crippen molar-refractivity contribution in [2.24, 2.45) is 0 Å². The predicted molar refractivity (Wildman–Crippen MR) is 88.2 cm³/mol. The molecule has 5 nitrogen and oxygen atoms in total. The standard InChI is InChI=1S/C15H19ClN4OS/c1-20-6-7-21-14(9-20)15(11-2-4-12(16)5-3-11)17-8-13-10-22-19-18-13/h2-5,10,14-15,17H,6-9H2,1H3/t14-,15+/m1/s1. The number of nitrogens with one attached hydrogen (secondary N) is 1. The normalized spacial score (nSPS) is 20.9. The Hall–Kier alpha value is -1.05. The van der Waals surface area contributed by atoms with Crippen LogP contribution in [-0.2, 0) is 11.3 Å². The Bertz CT molecular complexity index is 578. The smallest absolute Gasteiger partial charge is 0.0896 e. The van der Waals surface area contributed by atoms with Gasteiger partial charge in [0.25, 0.3) is 0 Å². The van der Waals surface area contributed by atoms with Crippen LogP contribution in [0, 0.1) is 0 Å². The topological polar surface area (TPSA) is 50.3 Å². The molecule has 0 amide bonds. The van der Waals surface area contributed by atoms with Crippen molar-refractivity contribution >= 4 is 23.1 Å². The minimum atomic E-state index is 0.0988. The summed E-state index contributed by atoms with van der Waals surface area (Å²) in [5.74, 6) is 0. The second-order valence-corrected chi connectivity index (χ2v) is 6.52. The van der Waals surface area contributed by atoms with Gasteiger partial charge in [0.2, 0.25) is 0 Å². The van der Waals surface area contributed by atoms with Gasteiger partial charge in [-0.2, -0.15) is 0 Å². The average Bonchev–Trinajstić information content (AvgIpc) is 3.03. The van der Waals surface area contributed by atoms with Crippen molar-refractivity contribution in [3.05, 3.63) is 45.9 Å².